The van der Waals surface area contributed by atoms with Crippen molar-refractivity contribution in [1.29, 1.82) is 0 Å². The van der Waals surface area contributed by atoms with E-state index in [9.17, 15) is 9.90 Å². The topological polar surface area (TPSA) is 61.4 Å². The van der Waals surface area contributed by atoms with E-state index < -0.39 is 6.10 Å². The minimum atomic E-state index is -0.703. The van der Waals surface area contributed by atoms with E-state index in [1.165, 1.54) is 6.92 Å². The zero-order valence-corrected chi connectivity index (χ0v) is 10.0. The summed E-state index contributed by atoms with van der Waals surface area (Å²) in [5.74, 6) is -0.217. The van der Waals surface area contributed by atoms with Gasteiger partial charge in [-0.25, -0.2) is 0 Å². The molecule has 0 heterocycles. The molecule has 0 saturated carbocycles. The molecule has 1 amide bonds. The smallest absolute Gasteiger partial charge is 0.221 e. The maximum absolute atomic E-state index is 11.0. The third-order valence-electron chi connectivity index (χ3n) is 2.10. The van der Waals surface area contributed by atoms with Crippen LogP contribution in [-0.4, -0.2) is 24.6 Å². The van der Waals surface area contributed by atoms with Crippen molar-refractivity contribution in [1.82, 2.24) is 5.32 Å². The Morgan fingerprint density at radius 2 is 2.25 bits per heavy atom. The predicted octanol–water partition coefficient (Wildman–Crippen LogP) is 1.55. The van der Waals surface area contributed by atoms with E-state index in [1.807, 2.05) is 0 Å². The van der Waals surface area contributed by atoms with E-state index in [0.717, 1.165) is 0 Å². The van der Waals surface area contributed by atoms with Crippen molar-refractivity contribution in [2.75, 3.05) is 18.9 Å². The molecule has 88 valence electrons. The lowest BCUT2D eigenvalue weighted by Crippen LogP contribution is -2.19. The van der Waals surface area contributed by atoms with Crippen molar-refractivity contribution in [2.45, 2.75) is 13.0 Å². The third-order valence-corrected chi connectivity index (χ3v) is 2.42. The van der Waals surface area contributed by atoms with E-state index >= 15 is 0 Å². The predicted molar refractivity (Wildman–Crippen MR) is 64.6 cm³/mol. The van der Waals surface area contributed by atoms with Gasteiger partial charge in [0.2, 0.25) is 5.91 Å². The molecular weight excluding hydrogens is 228 g/mol. The molecule has 0 aromatic heterocycles. The number of aliphatic hydroxyl groups excluding tert-OH is 1. The first kappa shape index (κ1) is 13.0. The van der Waals surface area contributed by atoms with Gasteiger partial charge in [-0.3, -0.25) is 4.79 Å². The highest BCUT2D eigenvalue weighted by molar-refractivity contribution is 6.33. The first-order chi connectivity index (χ1) is 7.56. The van der Waals surface area contributed by atoms with Crippen LogP contribution in [0.4, 0.5) is 5.69 Å². The Morgan fingerprint density at radius 3 is 2.81 bits per heavy atom. The molecule has 16 heavy (non-hydrogen) atoms. The zero-order valence-electron chi connectivity index (χ0n) is 9.25. The number of halogens is 1. The molecule has 0 aliphatic rings. The van der Waals surface area contributed by atoms with Crippen LogP contribution in [0.15, 0.2) is 18.2 Å². The van der Waals surface area contributed by atoms with Gasteiger partial charge in [0.15, 0.2) is 0 Å². The summed E-state index contributed by atoms with van der Waals surface area (Å²) in [6, 6.07) is 5.14. The summed E-state index contributed by atoms with van der Waals surface area (Å²) in [4.78, 5) is 11.0. The number of amides is 1. The fourth-order valence-corrected chi connectivity index (χ4v) is 1.66. The highest BCUT2D eigenvalue weighted by atomic mass is 35.5. The number of anilines is 1. The number of aliphatic hydroxyl groups is 1. The van der Waals surface area contributed by atoms with E-state index in [1.54, 1.807) is 25.2 Å². The molecule has 4 nitrogen and oxygen atoms in total. The number of hydrogen-bond donors (Lipinski definition) is 3. The van der Waals surface area contributed by atoms with Gasteiger partial charge in [-0.2, -0.15) is 0 Å². The third kappa shape index (κ3) is 3.20. The molecule has 0 saturated heterocycles. The summed E-state index contributed by atoms with van der Waals surface area (Å²) in [6.45, 7) is 1.80. The molecule has 0 aliphatic heterocycles. The number of hydrogen-bond acceptors (Lipinski definition) is 3. The summed E-state index contributed by atoms with van der Waals surface area (Å²) in [6.07, 6.45) is -0.703. The van der Waals surface area contributed by atoms with E-state index in [4.69, 9.17) is 11.6 Å². The van der Waals surface area contributed by atoms with Gasteiger partial charge in [0.1, 0.15) is 0 Å². The van der Waals surface area contributed by atoms with E-state index in [0.29, 0.717) is 22.8 Å². The van der Waals surface area contributed by atoms with Gasteiger partial charge in [0, 0.05) is 19.0 Å². The number of benzene rings is 1. The first-order valence-electron chi connectivity index (χ1n) is 4.95. The maximum atomic E-state index is 11.0. The molecule has 0 bridgehead atoms. The second-order valence-electron chi connectivity index (χ2n) is 3.46. The lowest BCUT2D eigenvalue weighted by Gasteiger charge is -2.16. The fourth-order valence-electron chi connectivity index (χ4n) is 1.43. The second-order valence-corrected chi connectivity index (χ2v) is 3.87. The number of carbonyl (C=O) groups is 1. The van der Waals surface area contributed by atoms with Crippen LogP contribution in [0.5, 0.6) is 0 Å². The van der Waals surface area contributed by atoms with Crippen LogP contribution < -0.4 is 10.6 Å². The summed E-state index contributed by atoms with van der Waals surface area (Å²) >= 11 is 5.97. The minimum Gasteiger partial charge on any atom is -0.387 e. The number of nitrogens with one attached hydrogen (secondary N) is 2. The Labute approximate surface area is 99.6 Å². The van der Waals surface area contributed by atoms with Crippen LogP contribution in [-0.2, 0) is 4.79 Å². The standard InChI is InChI=1S/C11H15ClN2O2/c1-7(15)14-11-8(10(16)6-13-2)4-3-5-9(11)12/h3-5,10,13,16H,6H2,1-2H3,(H,14,15). The molecule has 0 fully saturated rings. The summed E-state index contributed by atoms with van der Waals surface area (Å²) in [7, 11) is 1.74. The average molecular weight is 243 g/mol. The number of likely N-dealkylation sites (N-methyl/N-ethyl adjacent to an activating group) is 1. The molecule has 0 spiro atoms. The molecule has 1 unspecified atom stereocenters. The Morgan fingerprint density at radius 1 is 1.56 bits per heavy atom. The van der Waals surface area contributed by atoms with Crippen molar-refractivity contribution < 1.29 is 9.90 Å². The van der Waals surface area contributed by atoms with Crippen molar-refractivity contribution in [2.24, 2.45) is 0 Å². The molecular formula is C11H15ClN2O2. The minimum absolute atomic E-state index is 0.217. The van der Waals surface area contributed by atoms with Crippen LogP contribution in [0.1, 0.15) is 18.6 Å². The Balaban J connectivity index is 3.06. The number of para-hydroxylation sites is 1. The monoisotopic (exact) mass is 242 g/mol. The molecule has 1 atom stereocenters. The first-order valence-corrected chi connectivity index (χ1v) is 5.32. The maximum Gasteiger partial charge on any atom is 0.221 e. The molecule has 0 aliphatic carbocycles. The van der Waals surface area contributed by atoms with Crippen LogP contribution in [0.25, 0.3) is 0 Å². The lowest BCUT2D eigenvalue weighted by molar-refractivity contribution is -0.114. The summed E-state index contributed by atoms with van der Waals surface area (Å²) < 4.78 is 0. The van der Waals surface area contributed by atoms with Crippen molar-refractivity contribution in [3.63, 3.8) is 0 Å². The van der Waals surface area contributed by atoms with E-state index in [-0.39, 0.29) is 5.91 Å². The van der Waals surface area contributed by atoms with E-state index in [2.05, 4.69) is 10.6 Å². The van der Waals surface area contributed by atoms with Gasteiger partial charge in [0.25, 0.3) is 0 Å². The number of carbonyl (C=O) groups excluding carboxylic acids is 1. The highest BCUT2D eigenvalue weighted by Crippen LogP contribution is 2.30. The number of rotatable bonds is 4. The zero-order chi connectivity index (χ0) is 12.1. The molecule has 3 N–H and O–H groups in total. The van der Waals surface area contributed by atoms with Gasteiger partial charge in [-0.1, -0.05) is 23.7 Å². The van der Waals surface area contributed by atoms with Gasteiger partial charge in [-0.15, -0.1) is 0 Å². The molecule has 1 aromatic rings. The van der Waals surface area contributed by atoms with Crippen LogP contribution in [0.3, 0.4) is 0 Å². The van der Waals surface area contributed by atoms with Gasteiger partial charge >= 0.3 is 0 Å². The second kappa shape index (κ2) is 5.84. The average Bonchev–Trinajstić information content (AvgIpc) is 2.20. The Kier molecular flexibility index (Phi) is 4.73. The highest BCUT2D eigenvalue weighted by Gasteiger charge is 2.14. The Hall–Kier alpha value is -1.10. The molecule has 1 aromatic carbocycles. The van der Waals surface area contributed by atoms with Gasteiger partial charge in [-0.05, 0) is 13.1 Å². The van der Waals surface area contributed by atoms with Crippen LogP contribution >= 0.6 is 11.6 Å². The SMILES string of the molecule is CNCC(O)c1cccc(Cl)c1NC(C)=O. The quantitative estimate of drug-likeness (QED) is 0.751. The van der Waals surface area contributed by atoms with Gasteiger partial charge < -0.3 is 15.7 Å². The fraction of sp³-hybridized carbons (Fsp3) is 0.364. The normalized spacial score (nSPS) is 12.2. The van der Waals surface area contributed by atoms with Crippen molar-refractivity contribution in [3.05, 3.63) is 28.8 Å². The summed E-state index contributed by atoms with van der Waals surface area (Å²) in [5.41, 5.74) is 1.08. The van der Waals surface area contributed by atoms with Crippen LogP contribution in [0, 0.1) is 0 Å². The van der Waals surface area contributed by atoms with Gasteiger partial charge in [0.05, 0.1) is 16.8 Å². The Bertz CT molecular complexity index is 382. The molecule has 5 heteroatoms. The van der Waals surface area contributed by atoms with Crippen molar-refractivity contribution >= 4 is 23.2 Å². The van der Waals surface area contributed by atoms with Crippen molar-refractivity contribution in [3.8, 4) is 0 Å². The largest absolute Gasteiger partial charge is 0.387 e. The lowest BCUT2D eigenvalue weighted by atomic mass is 10.1. The molecule has 0 radical (unpaired) electrons. The van der Waals surface area contributed by atoms with Crippen LogP contribution in [0.2, 0.25) is 5.02 Å². The molecule has 1 rings (SSSR count). The summed E-state index contributed by atoms with van der Waals surface area (Å²) in [5, 5.41) is 15.8.